The summed E-state index contributed by atoms with van der Waals surface area (Å²) < 4.78 is 54.2. The maximum absolute atomic E-state index is 13.6. The van der Waals surface area contributed by atoms with Crippen LogP contribution in [0.1, 0.15) is 16.8 Å². The van der Waals surface area contributed by atoms with Crippen molar-refractivity contribution in [1.29, 1.82) is 0 Å². The predicted molar refractivity (Wildman–Crippen MR) is 66.1 cm³/mol. The molecule has 0 aromatic heterocycles. The summed E-state index contributed by atoms with van der Waals surface area (Å²) in [6.45, 7) is 0.757. The first-order chi connectivity index (χ1) is 9.29. The molecule has 1 unspecified atom stereocenters. The molecule has 1 atom stereocenters. The SMILES string of the molecule is O=C(NC1CCOC1)c1cc(S(=O)(=O)Cl)c(F)cc1F. The number of rotatable bonds is 3. The van der Waals surface area contributed by atoms with Crippen LogP contribution in [-0.2, 0) is 13.8 Å². The third kappa shape index (κ3) is 3.25. The van der Waals surface area contributed by atoms with Crippen molar-refractivity contribution < 1.29 is 26.7 Å². The van der Waals surface area contributed by atoms with E-state index in [1.54, 1.807) is 0 Å². The lowest BCUT2D eigenvalue weighted by molar-refractivity contribution is 0.0925. The first-order valence-corrected chi connectivity index (χ1v) is 7.92. The fourth-order valence-electron chi connectivity index (χ4n) is 1.80. The molecule has 0 radical (unpaired) electrons. The van der Waals surface area contributed by atoms with E-state index in [2.05, 4.69) is 5.32 Å². The Morgan fingerprint density at radius 3 is 2.60 bits per heavy atom. The van der Waals surface area contributed by atoms with Crippen LogP contribution in [0.2, 0.25) is 0 Å². The van der Waals surface area contributed by atoms with Crippen LogP contribution in [0.4, 0.5) is 8.78 Å². The molecular weight excluding hydrogens is 316 g/mol. The molecule has 0 spiro atoms. The van der Waals surface area contributed by atoms with Crippen LogP contribution in [0.25, 0.3) is 0 Å². The Bertz CT molecular complexity index is 644. The molecule has 1 N–H and O–H groups in total. The molecule has 1 amide bonds. The molecule has 1 fully saturated rings. The monoisotopic (exact) mass is 325 g/mol. The van der Waals surface area contributed by atoms with Crippen LogP contribution >= 0.6 is 10.7 Å². The van der Waals surface area contributed by atoms with E-state index in [1.807, 2.05) is 0 Å². The summed E-state index contributed by atoms with van der Waals surface area (Å²) in [4.78, 5) is 10.9. The van der Waals surface area contributed by atoms with Gasteiger partial charge < -0.3 is 10.1 Å². The van der Waals surface area contributed by atoms with E-state index >= 15 is 0 Å². The molecule has 20 heavy (non-hydrogen) atoms. The van der Waals surface area contributed by atoms with E-state index in [0.29, 0.717) is 25.2 Å². The molecule has 110 valence electrons. The number of carbonyl (C=O) groups excluding carboxylic acids is 1. The maximum atomic E-state index is 13.6. The number of benzene rings is 1. The van der Waals surface area contributed by atoms with Gasteiger partial charge in [-0.3, -0.25) is 4.79 Å². The number of amides is 1. The smallest absolute Gasteiger partial charge is 0.264 e. The van der Waals surface area contributed by atoms with Crippen molar-refractivity contribution in [3.8, 4) is 0 Å². The van der Waals surface area contributed by atoms with Gasteiger partial charge in [0.05, 0.1) is 18.2 Å². The van der Waals surface area contributed by atoms with Crippen molar-refractivity contribution >= 4 is 25.6 Å². The first kappa shape index (κ1) is 15.1. The van der Waals surface area contributed by atoms with Gasteiger partial charge in [0.25, 0.3) is 15.0 Å². The number of ether oxygens (including phenoxy) is 1. The van der Waals surface area contributed by atoms with Gasteiger partial charge in [-0.15, -0.1) is 0 Å². The lowest BCUT2D eigenvalue weighted by Crippen LogP contribution is -2.35. The van der Waals surface area contributed by atoms with E-state index < -0.39 is 37.1 Å². The summed E-state index contributed by atoms with van der Waals surface area (Å²) in [6.07, 6.45) is 0.565. The molecule has 1 aliphatic rings. The van der Waals surface area contributed by atoms with Crippen molar-refractivity contribution in [3.05, 3.63) is 29.3 Å². The van der Waals surface area contributed by atoms with E-state index in [4.69, 9.17) is 15.4 Å². The number of carbonyl (C=O) groups is 1. The van der Waals surface area contributed by atoms with Crippen LogP contribution in [0, 0.1) is 11.6 Å². The number of hydrogen-bond acceptors (Lipinski definition) is 4. The van der Waals surface area contributed by atoms with Gasteiger partial charge in [0.15, 0.2) is 0 Å². The van der Waals surface area contributed by atoms with E-state index in [-0.39, 0.29) is 12.6 Å². The molecule has 1 aliphatic heterocycles. The van der Waals surface area contributed by atoms with Crippen molar-refractivity contribution in [2.24, 2.45) is 0 Å². The predicted octanol–water partition coefficient (Wildman–Crippen LogP) is 1.41. The molecule has 1 heterocycles. The Balaban J connectivity index is 2.33. The van der Waals surface area contributed by atoms with E-state index in [9.17, 15) is 22.0 Å². The van der Waals surface area contributed by atoms with Crippen molar-refractivity contribution in [3.63, 3.8) is 0 Å². The molecule has 1 aromatic rings. The van der Waals surface area contributed by atoms with Crippen LogP contribution < -0.4 is 5.32 Å². The van der Waals surface area contributed by atoms with Gasteiger partial charge in [-0.05, 0) is 12.5 Å². The van der Waals surface area contributed by atoms with Crippen molar-refractivity contribution in [1.82, 2.24) is 5.32 Å². The summed E-state index contributed by atoms with van der Waals surface area (Å²) in [5.41, 5.74) is -0.586. The highest BCUT2D eigenvalue weighted by Gasteiger charge is 2.25. The van der Waals surface area contributed by atoms with E-state index in [1.165, 1.54) is 0 Å². The second kappa shape index (κ2) is 5.63. The molecule has 5 nitrogen and oxygen atoms in total. The molecule has 2 rings (SSSR count). The number of nitrogens with one attached hydrogen (secondary N) is 1. The summed E-state index contributed by atoms with van der Waals surface area (Å²) in [5, 5.41) is 2.47. The number of hydrogen-bond donors (Lipinski definition) is 1. The Kier molecular flexibility index (Phi) is 4.26. The van der Waals surface area contributed by atoms with Gasteiger partial charge in [0.2, 0.25) is 0 Å². The molecule has 0 bridgehead atoms. The average Bonchev–Trinajstić information content (AvgIpc) is 2.79. The van der Waals surface area contributed by atoms with Crippen LogP contribution in [-0.4, -0.2) is 33.6 Å². The topological polar surface area (TPSA) is 72.5 Å². The van der Waals surface area contributed by atoms with E-state index in [0.717, 1.165) is 0 Å². The first-order valence-electron chi connectivity index (χ1n) is 5.61. The standard InChI is InChI=1S/C11H10ClF2NO4S/c12-20(17,18)10-3-7(8(13)4-9(10)14)11(16)15-6-1-2-19-5-6/h3-4,6H,1-2,5H2,(H,15,16). The van der Waals surface area contributed by atoms with Gasteiger partial charge in [0.1, 0.15) is 16.5 Å². The zero-order chi connectivity index (χ0) is 14.9. The Morgan fingerprint density at radius 1 is 1.35 bits per heavy atom. The van der Waals surface area contributed by atoms with Gasteiger partial charge >= 0.3 is 0 Å². The quantitative estimate of drug-likeness (QED) is 0.853. The summed E-state index contributed by atoms with van der Waals surface area (Å²) >= 11 is 0. The summed E-state index contributed by atoms with van der Waals surface area (Å²) in [7, 11) is 0.614. The van der Waals surface area contributed by atoms with Gasteiger partial charge in [0, 0.05) is 23.4 Å². The maximum Gasteiger partial charge on any atom is 0.264 e. The summed E-state index contributed by atoms with van der Waals surface area (Å²) in [6, 6.07) is 0.607. The number of halogens is 3. The Hall–Kier alpha value is -1.25. The second-order valence-corrected chi connectivity index (χ2v) is 6.77. The Labute approximate surface area is 118 Å². The fraction of sp³-hybridized carbons (Fsp3) is 0.364. The van der Waals surface area contributed by atoms with Crippen molar-refractivity contribution in [2.75, 3.05) is 13.2 Å². The zero-order valence-electron chi connectivity index (χ0n) is 10.0. The lowest BCUT2D eigenvalue weighted by Gasteiger charge is -2.12. The Morgan fingerprint density at radius 2 is 2.05 bits per heavy atom. The van der Waals surface area contributed by atoms with Crippen molar-refractivity contribution in [2.45, 2.75) is 17.4 Å². The van der Waals surface area contributed by atoms with Gasteiger partial charge in [-0.2, -0.15) is 0 Å². The van der Waals surface area contributed by atoms with Crippen LogP contribution in [0.5, 0.6) is 0 Å². The highest BCUT2D eigenvalue weighted by Crippen LogP contribution is 2.23. The average molecular weight is 326 g/mol. The minimum absolute atomic E-state index is 0.287. The van der Waals surface area contributed by atoms with Crippen LogP contribution in [0.15, 0.2) is 17.0 Å². The highest BCUT2D eigenvalue weighted by atomic mass is 35.7. The lowest BCUT2D eigenvalue weighted by atomic mass is 10.1. The highest BCUT2D eigenvalue weighted by molar-refractivity contribution is 8.13. The largest absolute Gasteiger partial charge is 0.379 e. The zero-order valence-corrected chi connectivity index (χ0v) is 11.6. The fourth-order valence-corrected chi connectivity index (χ4v) is 2.71. The van der Waals surface area contributed by atoms with Gasteiger partial charge in [-0.25, -0.2) is 17.2 Å². The molecule has 1 aromatic carbocycles. The molecule has 0 saturated carbocycles. The molecule has 0 aliphatic carbocycles. The van der Waals surface area contributed by atoms with Crippen LogP contribution in [0.3, 0.4) is 0 Å². The molecule has 1 saturated heterocycles. The summed E-state index contributed by atoms with van der Waals surface area (Å²) in [5.74, 6) is -3.36. The second-order valence-electron chi connectivity index (χ2n) is 4.23. The van der Waals surface area contributed by atoms with Gasteiger partial charge in [-0.1, -0.05) is 0 Å². The third-order valence-corrected chi connectivity index (χ3v) is 4.13. The molecule has 9 heteroatoms. The molecular formula is C11H10ClF2NO4S. The minimum Gasteiger partial charge on any atom is -0.379 e. The third-order valence-electron chi connectivity index (χ3n) is 2.79. The minimum atomic E-state index is -4.41. The normalized spacial score (nSPS) is 19.1.